The number of aromatic nitrogens is 2. The summed E-state index contributed by atoms with van der Waals surface area (Å²) < 4.78 is 15.6. The van der Waals surface area contributed by atoms with Crippen molar-refractivity contribution in [1.29, 1.82) is 0 Å². The first kappa shape index (κ1) is 12.5. The predicted octanol–water partition coefficient (Wildman–Crippen LogP) is 1.37. The summed E-state index contributed by atoms with van der Waals surface area (Å²) >= 11 is 0. The molecule has 4 rings (SSSR count). The van der Waals surface area contributed by atoms with Crippen LogP contribution in [0.2, 0.25) is 0 Å². The van der Waals surface area contributed by atoms with Crippen LogP contribution < -0.4 is 10.2 Å². The van der Waals surface area contributed by atoms with Crippen LogP contribution >= 0.6 is 0 Å². The molecule has 3 heterocycles. The molecule has 108 valence electrons. The number of carbonyl (C=O) groups is 1. The van der Waals surface area contributed by atoms with Gasteiger partial charge in [0.15, 0.2) is 0 Å². The Kier molecular flexibility index (Phi) is 2.78. The van der Waals surface area contributed by atoms with Gasteiger partial charge in [-0.3, -0.25) is 9.48 Å². The largest absolute Gasteiger partial charge is 0.312 e. The Bertz CT molecular complexity index is 707. The third-order valence-corrected chi connectivity index (χ3v) is 4.20. The normalized spacial score (nSPS) is 17.7. The van der Waals surface area contributed by atoms with Crippen LogP contribution in [-0.4, -0.2) is 35.3 Å². The van der Waals surface area contributed by atoms with Crippen molar-refractivity contribution in [1.82, 2.24) is 15.1 Å². The maximum absolute atomic E-state index is 13.7. The van der Waals surface area contributed by atoms with Gasteiger partial charge in [-0.1, -0.05) is 6.07 Å². The van der Waals surface area contributed by atoms with Crippen LogP contribution in [0.15, 0.2) is 30.6 Å². The second-order valence-corrected chi connectivity index (χ2v) is 5.47. The van der Waals surface area contributed by atoms with E-state index in [1.54, 1.807) is 29.4 Å². The highest BCUT2D eigenvalue weighted by Crippen LogP contribution is 2.31. The molecule has 0 atom stereocenters. The summed E-state index contributed by atoms with van der Waals surface area (Å²) in [7, 11) is 0. The number of fused-ring (bicyclic) bond motifs is 1. The van der Waals surface area contributed by atoms with Gasteiger partial charge in [-0.25, -0.2) is 4.39 Å². The van der Waals surface area contributed by atoms with Gasteiger partial charge in [0, 0.05) is 31.4 Å². The van der Waals surface area contributed by atoms with Crippen LogP contribution in [0.25, 0.3) is 0 Å². The number of anilines is 1. The van der Waals surface area contributed by atoms with Crippen LogP contribution in [0, 0.1) is 5.82 Å². The van der Waals surface area contributed by atoms with E-state index in [9.17, 15) is 9.18 Å². The first-order valence-corrected chi connectivity index (χ1v) is 7.08. The Morgan fingerprint density at radius 1 is 1.38 bits per heavy atom. The predicted molar refractivity (Wildman–Crippen MR) is 75.9 cm³/mol. The lowest BCUT2D eigenvalue weighted by molar-refractivity contribution is 0.0989. The van der Waals surface area contributed by atoms with E-state index in [2.05, 4.69) is 10.4 Å². The van der Waals surface area contributed by atoms with Crippen molar-refractivity contribution in [2.75, 3.05) is 24.5 Å². The third-order valence-electron chi connectivity index (χ3n) is 4.20. The fraction of sp³-hybridized carbons (Fsp3) is 0.333. The third kappa shape index (κ3) is 1.94. The summed E-state index contributed by atoms with van der Waals surface area (Å²) in [6.45, 7) is 2.28. The number of halogens is 1. The van der Waals surface area contributed by atoms with Gasteiger partial charge >= 0.3 is 0 Å². The maximum Gasteiger partial charge on any atom is 0.261 e. The minimum absolute atomic E-state index is 0.113. The minimum Gasteiger partial charge on any atom is -0.312 e. The van der Waals surface area contributed by atoms with E-state index < -0.39 is 0 Å². The molecule has 0 aliphatic carbocycles. The van der Waals surface area contributed by atoms with Crippen molar-refractivity contribution in [2.24, 2.45) is 0 Å². The van der Waals surface area contributed by atoms with Crippen molar-refractivity contribution in [2.45, 2.75) is 12.5 Å². The summed E-state index contributed by atoms with van der Waals surface area (Å²) in [6, 6.07) is 5.20. The number of rotatable bonds is 2. The molecule has 1 N–H and O–H groups in total. The molecule has 21 heavy (non-hydrogen) atoms. The molecule has 2 aromatic rings. The van der Waals surface area contributed by atoms with E-state index in [-0.39, 0.29) is 11.7 Å². The van der Waals surface area contributed by atoms with Crippen LogP contribution in [0.3, 0.4) is 0 Å². The highest BCUT2D eigenvalue weighted by Gasteiger charge is 2.29. The van der Waals surface area contributed by atoms with Crippen molar-refractivity contribution in [3.8, 4) is 0 Å². The molecule has 0 radical (unpaired) electrons. The number of carbonyl (C=O) groups excluding carboxylic acids is 1. The molecule has 1 aromatic carbocycles. The van der Waals surface area contributed by atoms with Gasteiger partial charge in [0.1, 0.15) is 5.82 Å². The summed E-state index contributed by atoms with van der Waals surface area (Å²) in [5, 5.41) is 7.43. The number of amides is 1. The lowest BCUT2D eigenvalue weighted by atomic mass is 10.1. The van der Waals surface area contributed by atoms with E-state index in [1.165, 1.54) is 6.07 Å². The fourth-order valence-electron chi connectivity index (χ4n) is 2.87. The monoisotopic (exact) mass is 286 g/mol. The molecule has 0 bridgehead atoms. The first-order chi connectivity index (χ1) is 10.2. The van der Waals surface area contributed by atoms with Crippen LogP contribution in [0.1, 0.15) is 22.0 Å². The molecule has 5 nitrogen and oxygen atoms in total. The Hall–Kier alpha value is -2.21. The number of nitrogens with one attached hydrogen (secondary N) is 1. The van der Waals surface area contributed by atoms with Gasteiger partial charge in [-0.15, -0.1) is 0 Å². The second kappa shape index (κ2) is 4.66. The number of hydrogen-bond acceptors (Lipinski definition) is 3. The average molecular weight is 286 g/mol. The molecule has 1 amide bonds. The summed E-state index contributed by atoms with van der Waals surface area (Å²) in [6.07, 6.45) is 3.94. The Morgan fingerprint density at radius 3 is 3.00 bits per heavy atom. The van der Waals surface area contributed by atoms with Crippen LogP contribution in [0.5, 0.6) is 0 Å². The van der Waals surface area contributed by atoms with E-state index >= 15 is 0 Å². The molecule has 6 heteroatoms. The van der Waals surface area contributed by atoms with Gasteiger partial charge in [0.25, 0.3) is 5.91 Å². The molecule has 0 spiro atoms. The van der Waals surface area contributed by atoms with Gasteiger partial charge in [-0.05, 0) is 18.6 Å². The SMILES string of the molecule is O=C(c1cnn(C2CNC2)c1)N1CCc2c(F)cccc21. The molecule has 1 aromatic heterocycles. The molecule has 1 fully saturated rings. The lowest BCUT2D eigenvalue weighted by Crippen LogP contribution is -2.43. The Labute approximate surface area is 121 Å². The van der Waals surface area contributed by atoms with E-state index in [4.69, 9.17) is 0 Å². The topological polar surface area (TPSA) is 50.2 Å². The standard InChI is InChI=1S/C15H15FN4O/c16-13-2-1-3-14-12(13)4-5-19(14)15(21)10-6-18-20(9-10)11-7-17-8-11/h1-3,6,9,11,17H,4-5,7-8H2. The molecule has 1 saturated heterocycles. The second-order valence-electron chi connectivity index (χ2n) is 5.47. The van der Waals surface area contributed by atoms with Gasteiger partial charge in [-0.2, -0.15) is 5.10 Å². The van der Waals surface area contributed by atoms with Crippen LogP contribution in [-0.2, 0) is 6.42 Å². The smallest absolute Gasteiger partial charge is 0.261 e. The average Bonchev–Trinajstić information content (AvgIpc) is 3.03. The Balaban J connectivity index is 1.61. The molecular weight excluding hydrogens is 271 g/mol. The highest BCUT2D eigenvalue weighted by molar-refractivity contribution is 6.07. The minimum atomic E-state index is -0.237. The maximum atomic E-state index is 13.7. The highest BCUT2D eigenvalue weighted by atomic mass is 19.1. The number of hydrogen-bond donors (Lipinski definition) is 1. The molecule has 2 aliphatic heterocycles. The zero-order valence-corrected chi connectivity index (χ0v) is 11.4. The zero-order valence-electron chi connectivity index (χ0n) is 11.4. The van der Waals surface area contributed by atoms with Crippen molar-refractivity contribution in [3.63, 3.8) is 0 Å². The van der Waals surface area contributed by atoms with Crippen LogP contribution in [0.4, 0.5) is 10.1 Å². The summed E-state index contributed by atoms with van der Waals surface area (Å²) in [5.74, 6) is -0.350. The lowest BCUT2D eigenvalue weighted by Gasteiger charge is -2.27. The summed E-state index contributed by atoms with van der Waals surface area (Å²) in [4.78, 5) is 14.2. The molecular formula is C15H15FN4O. The van der Waals surface area contributed by atoms with E-state index in [0.29, 0.717) is 35.8 Å². The molecule has 2 aliphatic rings. The van der Waals surface area contributed by atoms with Crippen molar-refractivity contribution in [3.05, 3.63) is 47.5 Å². The van der Waals surface area contributed by atoms with Gasteiger partial charge < -0.3 is 10.2 Å². The quantitative estimate of drug-likeness (QED) is 0.907. The number of nitrogens with zero attached hydrogens (tertiary/aromatic N) is 3. The zero-order chi connectivity index (χ0) is 14.4. The molecule has 0 saturated carbocycles. The van der Waals surface area contributed by atoms with Crippen molar-refractivity contribution < 1.29 is 9.18 Å². The first-order valence-electron chi connectivity index (χ1n) is 7.08. The fourth-order valence-corrected chi connectivity index (χ4v) is 2.87. The Morgan fingerprint density at radius 2 is 2.24 bits per heavy atom. The van der Waals surface area contributed by atoms with Gasteiger partial charge in [0.2, 0.25) is 0 Å². The number of benzene rings is 1. The van der Waals surface area contributed by atoms with E-state index in [1.807, 2.05) is 4.68 Å². The van der Waals surface area contributed by atoms with Gasteiger partial charge in [0.05, 0.1) is 23.5 Å². The molecule has 0 unspecified atom stereocenters. The van der Waals surface area contributed by atoms with E-state index in [0.717, 1.165) is 13.1 Å². The summed E-state index contributed by atoms with van der Waals surface area (Å²) in [5.41, 5.74) is 1.86. The van der Waals surface area contributed by atoms with Crippen molar-refractivity contribution >= 4 is 11.6 Å².